The van der Waals surface area contributed by atoms with E-state index < -0.39 is 10.0 Å². The van der Waals surface area contributed by atoms with E-state index in [-0.39, 0.29) is 5.37 Å². The van der Waals surface area contributed by atoms with Crippen molar-refractivity contribution in [3.8, 4) is 5.75 Å². The molecule has 1 atom stereocenters. The maximum absolute atomic E-state index is 11.8. The minimum Gasteiger partial charge on any atom is -0.496 e. The molecule has 1 aliphatic heterocycles. The first-order valence-corrected chi connectivity index (χ1v) is 9.04. The average Bonchev–Trinajstić information content (AvgIpc) is 2.77. The van der Waals surface area contributed by atoms with Crippen molar-refractivity contribution in [2.24, 2.45) is 0 Å². The van der Waals surface area contributed by atoms with E-state index in [1.54, 1.807) is 18.9 Å². The number of thioether (sulfide) groups is 1. The van der Waals surface area contributed by atoms with E-state index in [0.717, 1.165) is 15.8 Å². The fraction of sp³-hybridized carbons (Fsp3) is 0.455. The molecule has 0 aromatic heterocycles. The van der Waals surface area contributed by atoms with Crippen molar-refractivity contribution in [1.82, 2.24) is 4.31 Å². The Morgan fingerprint density at radius 2 is 2.22 bits per heavy atom. The molecule has 0 unspecified atom stereocenters. The first-order chi connectivity index (χ1) is 8.43. The third kappa shape index (κ3) is 2.84. The van der Waals surface area contributed by atoms with Crippen LogP contribution >= 0.6 is 27.7 Å². The van der Waals surface area contributed by atoms with Gasteiger partial charge < -0.3 is 4.74 Å². The molecule has 0 aliphatic carbocycles. The van der Waals surface area contributed by atoms with Gasteiger partial charge in [-0.2, -0.15) is 4.31 Å². The van der Waals surface area contributed by atoms with Gasteiger partial charge in [0.15, 0.2) is 0 Å². The number of nitrogens with zero attached hydrogens (tertiary/aromatic N) is 1. The molecule has 1 aromatic carbocycles. The van der Waals surface area contributed by atoms with Crippen molar-refractivity contribution < 1.29 is 13.2 Å². The smallest absolute Gasteiger partial charge is 0.212 e. The van der Waals surface area contributed by atoms with Crippen LogP contribution in [0.4, 0.5) is 0 Å². The molecule has 0 spiro atoms. The van der Waals surface area contributed by atoms with Crippen molar-refractivity contribution in [3.63, 3.8) is 0 Å². The van der Waals surface area contributed by atoms with E-state index in [1.807, 2.05) is 18.2 Å². The Bertz CT molecular complexity index is 547. The summed E-state index contributed by atoms with van der Waals surface area (Å²) in [6.45, 7) is 0.545. The molecule has 0 radical (unpaired) electrons. The van der Waals surface area contributed by atoms with Crippen molar-refractivity contribution >= 4 is 37.7 Å². The van der Waals surface area contributed by atoms with Gasteiger partial charge in [0.2, 0.25) is 10.0 Å². The normalized spacial score (nSPS) is 21.2. The number of hydrogen-bond acceptors (Lipinski definition) is 4. The minimum atomic E-state index is -3.20. The Hall–Kier alpha value is -0.240. The zero-order valence-electron chi connectivity index (χ0n) is 10.1. The molecule has 18 heavy (non-hydrogen) atoms. The molecular formula is C11H14BrNO3S2. The molecule has 1 aliphatic rings. The van der Waals surface area contributed by atoms with Crippen LogP contribution in [0.15, 0.2) is 22.7 Å². The van der Waals surface area contributed by atoms with Crippen molar-refractivity contribution in [2.75, 3.05) is 25.7 Å². The molecule has 0 bridgehead atoms. The van der Waals surface area contributed by atoms with Crippen LogP contribution in [0.1, 0.15) is 10.9 Å². The molecule has 1 aromatic rings. The summed E-state index contributed by atoms with van der Waals surface area (Å²) in [6.07, 6.45) is 1.25. The van der Waals surface area contributed by atoms with Crippen LogP contribution in [-0.2, 0) is 10.0 Å². The van der Waals surface area contributed by atoms with E-state index in [9.17, 15) is 8.42 Å². The number of sulfonamides is 1. The van der Waals surface area contributed by atoms with Crippen LogP contribution in [0, 0.1) is 0 Å². The van der Waals surface area contributed by atoms with Crippen molar-refractivity contribution in [1.29, 1.82) is 0 Å². The number of benzene rings is 1. The number of rotatable bonds is 3. The Kier molecular flexibility index (Phi) is 4.25. The maximum atomic E-state index is 11.8. The van der Waals surface area contributed by atoms with E-state index in [0.29, 0.717) is 12.3 Å². The predicted octanol–water partition coefficient (Wildman–Crippen LogP) is 2.46. The summed E-state index contributed by atoms with van der Waals surface area (Å²) in [4.78, 5) is 0. The quantitative estimate of drug-likeness (QED) is 0.839. The second kappa shape index (κ2) is 5.40. The Morgan fingerprint density at radius 3 is 2.83 bits per heavy atom. The van der Waals surface area contributed by atoms with Gasteiger partial charge in [-0.3, -0.25) is 0 Å². The molecular weight excluding hydrogens is 338 g/mol. The molecule has 4 nitrogen and oxygen atoms in total. The van der Waals surface area contributed by atoms with E-state index >= 15 is 0 Å². The van der Waals surface area contributed by atoms with Crippen LogP contribution < -0.4 is 4.74 Å². The van der Waals surface area contributed by atoms with Crippen molar-refractivity contribution in [3.05, 3.63) is 28.2 Å². The monoisotopic (exact) mass is 351 g/mol. The molecule has 7 heteroatoms. The summed E-state index contributed by atoms with van der Waals surface area (Å²) >= 11 is 5.02. The molecule has 1 fully saturated rings. The van der Waals surface area contributed by atoms with Crippen LogP contribution in [0.2, 0.25) is 0 Å². The lowest BCUT2D eigenvalue weighted by molar-refractivity contribution is 0.391. The average molecular weight is 352 g/mol. The zero-order valence-corrected chi connectivity index (χ0v) is 13.3. The third-order valence-corrected chi connectivity index (χ3v) is 5.85. The van der Waals surface area contributed by atoms with Gasteiger partial charge in [-0.25, -0.2) is 8.42 Å². The first-order valence-electron chi connectivity index (χ1n) is 5.35. The highest BCUT2D eigenvalue weighted by Crippen LogP contribution is 2.43. The number of hydrogen-bond donors (Lipinski definition) is 0. The number of methoxy groups -OCH3 is 1. The van der Waals surface area contributed by atoms with E-state index in [2.05, 4.69) is 15.9 Å². The van der Waals surface area contributed by atoms with Gasteiger partial charge in [-0.05, 0) is 18.2 Å². The van der Waals surface area contributed by atoms with E-state index in [1.165, 1.54) is 10.6 Å². The molecule has 1 saturated heterocycles. The van der Waals surface area contributed by atoms with Crippen LogP contribution in [0.25, 0.3) is 0 Å². The third-order valence-electron chi connectivity index (χ3n) is 2.73. The van der Waals surface area contributed by atoms with Gasteiger partial charge in [0, 0.05) is 22.3 Å². The Morgan fingerprint density at radius 1 is 1.50 bits per heavy atom. The minimum absolute atomic E-state index is 0.201. The molecule has 100 valence electrons. The summed E-state index contributed by atoms with van der Waals surface area (Å²) in [7, 11) is -1.60. The fourth-order valence-corrected chi connectivity index (χ4v) is 5.13. The standard InChI is InChI=1S/C11H14BrNO3S2/c1-16-10-4-3-8(12)7-9(10)11-13(5-6-17-11)18(2,14)15/h3-4,7,11H,5-6H2,1-2H3/t11-/m1/s1. The molecule has 0 saturated carbocycles. The fourth-order valence-electron chi connectivity index (χ4n) is 1.94. The van der Waals surface area contributed by atoms with Crippen LogP contribution in [-0.4, -0.2) is 38.4 Å². The lowest BCUT2D eigenvalue weighted by Gasteiger charge is -2.23. The summed E-state index contributed by atoms with van der Waals surface area (Å²) in [6, 6.07) is 5.64. The van der Waals surface area contributed by atoms with E-state index in [4.69, 9.17) is 4.74 Å². The highest BCUT2D eigenvalue weighted by Gasteiger charge is 2.34. The summed E-state index contributed by atoms with van der Waals surface area (Å²) in [5, 5.41) is -0.201. The van der Waals surface area contributed by atoms with Crippen molar-refractivity contribution in [2.45, 2.75) is 5.37 Å². The number of ether oxygens (including phenoxy) is 1. The molecule has 0 amide bonds. The topological polar surface area (TPSA) is 46.6 Å². The van der Waals surface area contributed by atoms with Gasteiger partial charge in [0.05, 0.1) is 18.7 Å². The summed E-state index contributed by atoms with van der Waals surface area (Å²) in [5.74, 6) is 1.51. The largest absolute Gasteiger partial charge is 0.496 e. The maximum Gasteiger partial charge on any atom is 0.212 e. The number of halogens is 1. The molecule has 1 heterocycles. The van der Waals surface area contributed by atoms with Gasteiger partial charge in [0.25, 0.3) is 0 Å². The second-order valence-corrected chi connectivity index (χ2v) is 8.02. The first kappa shape index (κ1) is 14.2. The van der Waals surface area contributed by atoms with Gasteiger partial charge in [-0.1, -0.05) is 15.9 Å². The highest BCUT2D eigenvalue weighted by molar-refractivity contribution is 9.10. The second-order valence-electron chi connectivity index (χ2n) is 3.98. The SMILES string of the molecule is COc1ccc(Br)cc1[C@H]1SCCN1S(C)(=O)=O. The van der Waals surface area contributed by atoms with Crippen LogP contribution in [0.5, 0.6) is 5.75 Å². The highest BCUT2D eigenvalue weighted by atomic mass is 79.9. The predicted molar refractivity (Wildman–Crippen MR) is 77.4 cm³/mol. The Balaban J connectivity index is 2.44. The molecule has 0 N–H and O–H groups in total. The zero-order chi connectivity index (χ0) is 13.3. The Labute approximate surface area is 120 Å². The lowest BCUT2D eigenvalue weighted by atomic mass is 10.2. The summed E-state index contributed by atoms with van der Waals surface area (Å²) in [5.41, 5.74) is 0.889. The lowest BCUT2D eigenvalue weighted by Crippen LogP contribution is -2.29. The molecule has 2 rings (SSSR count). The summed E-state index contributed by atoms with van der Waals surface area (Å²) < 4.78 is 31.3. The van der Waals surface area contributed by atoms with Crippen LogP contribution in [0.3, 0.4) is 0 Å². The van der Waals surface area contributed by atoms with Gasteiger partial charge in [-0.15, -0.1) is 11.8 Å². The van der Waals surface area contributed by atoms with Gasteiger partial charge >= 0.3 is 0 Å². The van der Waals surface area contributed by atoms with Gasteiger partial charge in [0.1, 0.15) is 5.75 Å².